The van der Waals surface area contributed by atoms with E-state index in [1.807, 2.05) is 41.5 Å². The van der Waals surface area contributed by atoms with Crippen LogP contribution in [0.4, 0.5) is 5.69 Å². The van der Waals surface area contributed by atoms with Crippen molar-refractivity contribution in [3.63, 3.8) is 0 Å². The van der Waals surface area contributed by atoms with Gasteiger partial charge >= 0.3 is 0 Å². The van der Waals surface area contributed by atoms with E-state index in [1.165, 1.54) is 11.3 Å². The quantitative estimate of drug-likeness (QED) is 0.731. The lowest BCUT2D eigenvalue weighted by atomic mass is 10.1. The Morgan fingerprint density at radius 1 is 1.38 bits per heavy atom. The molecule has 0 aliphatic carbocycles. The summed E-state index contributed by atoms with van der Waals surface area (Å²) in [4.78, 5) is 23.5. The van der Waals surface area contributed by atoms with E-state index in [0.717, 1.165) is 53.0 Å². The number of furan rings is 1. The number of hydrogen-bond acceptors (Lipinski definition) is 5. The van der Waals surface area contributed by atoms with Crippen LogP contribution in [-0.2, 0) is 17.6 Å². The van der Waals surface area contributed by atoms with Gasteiger partial charge in [-0.15, -0.1) is 11.3 Å². The first-order valence-electron chi connectivity index (χ1n) is 7.96. The second kappa shape index (κ2) is 6.20. The smallest absolute Gasteiger partial charge is 0.233 e. The monoisotopic (exact) mass is 339 g/mol. The number of fused-ring (bicyclic) bond motifs is 1. The van der Waals surface area contributed by atoms with Crippen molar-refractivity contribution in [2.24, 2.45) is 0 Å². The summed E-state index contributed by atoms with van der Waals surface area (Å²) in [5.41, 5.74) is 2.72. The van der Waals surface area contributed by atoms with Crippen molar-refractivity contribution < 1.29 is 9.21 Å². The number of carbonyl (C=O) groups is 1. The Morgan fingerprint density at radius 3 is 3.12 bits per heavy atom. The van der Waals surface area contributed by atoms with Crippen LogP contribution in [0.3, 0.4) is 0 Å². The zero-order valence-corrected chi connectivity index (χ0v) is 14.2. The van der Waals surface area contributed by atoms with Gasteiger partial charge in [0, 0.05) is 18.1 Å². The molecule has 3 aromatic rings. The van der Waals surface area contributed by atoms with Crippen LogP contribution in [0.15, 0.2) is 40.3 Å². The Morgan fingerprint density at radius 2 is 2.29 bits per heavy atom. The second-order valence-electron chi connectivity index (χ2n) is 5.85. The maximum Gasteiger partial charge on any atom is 0.233 e. The third-order valence-corrected chi connectivity index (χ3v) is 4.99. The highest BCUT2D eigenvalue weighted by molar-refractivity contribution is 7.13. The first-order chi connectivity index (χ1) is 11.7. The number of hydrogen-bond donors (Lipinski definition) is 0. The molecule has 4 rings (SSSR count). The Hall–Kier alpha value is -2.47. The van der Waals surface area contributed by atoms with Crippen LogP contribution in [-0.4, -0.2) is 22.4 Å². The minimum absolute atomic E-state index is 0.0661. The first-order valence-corrected chi connectivity index (χ1v) is 8.84. The van der Waals surface area contributed by atoms with Gasteiger partial charge in [-0.2, -0.15) is 0 Å². The average molecular weight is 339 g/mol. The van der Waals surface area contributed by atoms with Crippen molar-refractivity contribution in [1.82, 2.24) is 9.97 Å². The van der Waals surface area contributed by atoms with Gasteiger partial charge in [-0.05, 0) is 44.0 Å². The molecule has 0 saturated heterocycles. The van der Waals surface area contributed by atoms with E-state index in [-0.39, 0.29) is 5.91 Å². The Bertz CT molecular complexity index is 884. The summed E-state index contributed by atoms with van der Waals surface area (Å²) in [7, 11) is 0. The minimum atomic E-state index is 0.0661. The number of aromatic nitrogens is 2. The largest absolute Gasteiger partial charge is 0.459 e. The summed E-state index contributed by atoms with van der Waals surface area (Å²) in [6.45, 7) is 2.65. The molecular formula is C18H17N3O2S. The number of anilines is 1. The highest BCUT2D eigenvalue weighted by Gasteiger charge is 2.23. The zero-order chi connectivity index (χ0) is 16.5. The molecule has 0 bridgehead atoms. The van der Waals surface area contributed by atoms with E-state index in [0.29, 0.717) is 6.42 Å². The van der Waals surface area contributed by atoms with Crippen molar-refractivity contribution in [3.8, 4) is 10.8 Å². The molecule has 1 aliphatic rings. The fourth-order valence-corrected chi connectivity index (χ4v) is 3.73. The molecule has 0 N–H and O–H groups in total. The maximum absolute atomic E-state index is 12.7. The topological polar surface area (TPSA) is 59.2 Å². The molecular weight excluding hydrogens is 322 g/mol. The summed E-state index contributed by atoms with van der Waals surface area (Å²) in [6.07, 6.45) is 3.96. The molecule has 0 aromatic carbocycles. The van der Waals surface area contributed by atoms with Crippen molar-refractivity contribution in [1.29, 1.82) is 0 Å². The SMILES string of the molecule is Cc1ccc(-c2nc(CC(=O)N3CCCc4ncccc43)cs2)o1. The van der Waals surface area contributed by atoms with Crippen molar-refractivity contribution in [3.05, 3.63) is 53.0 Å². The fraction of sp³-hybridized carbons (Fsp3) is 0.278. The molecule has 6 heteroatoms. The molecule has 3 aromatic heterocycles. The minimum Gasteiger partial charge on any atom is -0.459 e. The normalized spacial score (nSPS) is 13.8. The predicted molar refractivity (Wildman–Crippen MR) is 93.2 cm³/mol. The van der Waals surface area contributed by atoms with E-state index < -0.39 is 0 Å². The first kappa shape index (κ1) is 15.1. The molecule has 0 unspecified atom stereocenters. The summed E-state index contributed by atoms with van der Waals surface area (Å²) < 4.78 is 5.59. The number of nitrogens with zero attached hydrogens (tertiary/aromatic N) is 3. The van der Waals surface area contributed by atoms with Crippen LogP contribution in [0.1, 0.15) is 23.6 Å². The third-order valence-electron chi connectivity index (χ3n) is 4.09. The molecule has 1 amide bonds. The average Bonchev–Trinajstić information content (AvgIpc) is 3.23. The molecule has 0 radical (unpaired) electrons. The van der Waals surface area contributed by atoms with Crippen LogP contribution in [0, 0.1) is 6.92 Å². The highest BCUT2D eigenvalue weighted by Crippen LogP contribution is 2.28. The molecule has 0 saturated carbocycles. The number of aryl methyl sites for hydroxylation is 2. The zero-order valence-electron chi connectivity index (χ0n) is 13.4. The lowest BCUT2D eigenvalue weighted by Crippen LogP contribution is -2.36. The van der Waals surface area contributed by atoms with Crippen LogP contribution < -0.4 is 4.90 Å². The molecule has 0 fully saturated rings. The number of thiazole rings is 1. The van der Waals surface area contributed by atoms with Gasteiger partial charge in [-0.25, -0.2) is 4.98 Å². The van der Waals surface area contributed by atoms with Gasteiger partial charge in [0.25, 0.3) is 0 Å². The molecule has 24 heavy (non-hydrogen) atoms. The molecule has 0 atom stereocenters. The van der Waals surface area contributed by atoms with Crippen LogP contribution in [0.25, 0.3) is 10.8 Å². The van der Waals surface area contributed by atoms with Gasteiger partial charge in [0.2, 0.25) is 5.91 Å². The second-order valence-corrected chi connectivity index (χ2v) is 6.71. The number of pyridine rings is 1. The lowest BCUT2D eigenvalue weighted by molar-refractivity contribution is -0.118. The van der Waals surface area contributed by atoms with E-state index >= 15 is 0 Å². The van der Waals surface area contributed by atoms with Crippen LogP contribution in [0.5, 0.6) is 0 Å². The Labute approximate surface area is 144 Å². The highest BCUT2D eigenvalue weighted by atomic mass is 32.1. The molecule has 0 spiro atoms. The molecule has 122 valence electrons. The number of rotatable bonds is 3. The van der Waals surface area contributed by atoms with Gasteiger partial charge in [0.05, 0.1) is 23.5 Å². The molecule has 1 aliphatic heterocycles. The Balaban J connectivity index is 1.52. The van der Waals surface area contributed by atoms with E-state index in [9.17, 15) is 4.79 Å². The Kier molecular flexibility index (Phi) is 3.90. The van der Waals surface area contributed by atoms with E-state index in [4.69, 9.17) is 4.42 Å². The maximum atomic E-state index is 12.7. The van der Waals surface area contributed by atoms with E-state index in [2.05, 4.69) is 9.97 Å². The van der Waals surface area contributed by atoms with Crippen molar-refractivity contribution in [2.45, 2.75) is 26.2 Å². The van der Waals surface area contributed by atoms with Crippen LogP contribution in [0.2, 0.25) is 0 Å². The van der Waals surface area contributed by atoms with Crippen molar-refractivity contribution in [2.75, 3.05) is 11.4 Å². The number of amides is 1. The molecule has 5 nitrogen and oxygen atoms in total. The van der Waals surface area contributed by atoms with Crippen LogP contribution >= 0.6 is 11.3 Å². The van der Waals surface area contributed by atoms with Gasteiger partial charge in [0.15, 0.2) is 10.8 Å². The van der Waals surface area contributed by atoms with Gasteiger partial charge in [-0.3, -0.25) is 9.78 Å². The standard InChI is InChI=1S/C18H17N3O2S/c1-12-6-7-16(23-12)18-20-13(11-24-18)10-17(22)21-9-3-4-14-15(21)5-2-8-19-14/h2,5-8,11H,3-4,9-10H2,1H3. The summed E-state index contributed by atoms with van der Waals surface area (Å²) >= 11 is 1.50. The van der Waals surface area contributed by atoms with E-state index in [1.54, 1.807) is 6.20 Å². The summed E-state index contributed by atoms with van der Waals surface area (Å²) in [5.74, 6) is 1.68. The fourth-order valence-electron chi connectivity index (χ4n) is 2.95. The summed E-state index contributed by atoms with van der Waals surface area (Å²) in [5, 5.41) is 2.74. The van der Waals surface area contributed by atoms with Gasteiger partial charge in [-0.1, -0.05) is 0 Å². The van der Waals surface area contributed by atoms with Gasteiger partial charge < -0.3 is 9.32 Å². The summed E-state index contributed by atoms with van der Waals surface area (Å²) in [6, 6.07) is 7.67. The third kappa shape index (κ3) is 2.85. The number of carbonyl (C=O) groups excluding carboxylic acids is 1. The van der Waals surface area contributed by atoms with Crippen molar-refractivity contribution >= 4 is 22.9 Å². The molecule has 4 heterocycles. The predicted octanol–water partition coefficient (Wildman–Crippen LogP) is 3.63. The lowest BCUT2D eigenvalue weighted by Gasteiger charge is -2.28. The van der Waals surface area contributed by atoms with Gasteiger partial charge in [0.1, 0.15) is 5.76 Å².